The summed E-state index contributed by atoms with van der Waals surface area (Å²) in [6.07, 6.45) is 0. The number of nitrogens with one attached hydrogen (secondary N) is 1. The van der Waals surface area contributed by atoms with Crippen molar-refractivity contribution in [2.75, 3.05) is 0 Å². The lowest BCUT2D eigenvalue weighted by Crippen LogP contribution is -2.23. The van der Waals surface area contributed by atoms with Gasteiger partial charge in [-0.25, -0.2) is 0 Å². The molecular formula is C19H21N3O2. The lowest BCUT2D eigenvalue weighted by atomic mass is 10.0. The number of nitrogens with zero attached hydrogens (tertiary/aromatic N) is 2. The summed E-state index contributed by atoms with van der Waals surface area (Å²) in [5.74, 6) is 1.15. The molecule has 124 valence electrons. The first-order chi connectivity index (χ1) is 11.7. The van der Waals surface area contributed by atoms with E-state index in [4.69, 9.17) is 4.52 Å². The number of hydrogen-bond acceptors (Lipinski definition) is 5. The minimum absolute atomic E-state index is 0.0430. The van der Waals surface area contributed by atoms with E-state index in [0.29, 0.717) is 11.7 Å². The number of aliphatic hydroxyl groups excluding tert-OH is 1. The third kappa shape index (κ3) is 3.69. The normalized spacial score (nSPS) is 13.6. The Morgan fingerprint density at radius 1 is 1.04 bits per heavy atom. The molecule has 0 aliphatic rings. The van der Waals surface area contributed by atoms with Crippen molar-refractivity contribution in [1.82, 2.24) is 15.5 Å². The van der Waals surface area contributed by atoms with E-state index in [2.05, 4.69) is 22.4 Å². The smallest absolute Gasteiger partial charge is 0.257 e. The maximum atomic E-state index is 9.26. The molecule has 5 nitrogen and oxygen atoms in total. The van der Waals surface area contributed by atoms with Gasteiger partial charge in [0, 0.05) is 11.6 Å². The maximum Gasteiger partial charge on any atom is 0.257 e. The fraction of sp³-hybridized carbons (Fsp3) is 0.263. The standard InChI is InChI=1S/C19H21N3O2/c1-13(17-10-6-7-15(11-17)12-23)20-14(2)18-21-19(24-22-18)16-8-4-3-5-9-16/h3-11,13-14,20,23H,12H2,1-2H3. The first-order valence-electron chi connectivity index (χ1n) is 8.02. The zero-order valence-electron chi connectivity index (χ0n) is 13.8. The van der Waals surface area contributed by atoms with Gasteiger partial charge >= 0.3 is 0 Å². The van der Waals surface area contributed by atoms with Crippen molar-refractivity contribution in [3.63, 3.8) is 0 Å². The highest BCUT2D eigenvalue weighted by Gasteiger charge is 2.17. The highest BCUT2D eigenvalue weighted by atomic mass is 16.5. The molecule has 1 aromatic heterocycles. The van der Waals surface area contributed by atoms with Crippen LogP contribution < -0.4 is 5.32 Å². The van der Waals surface area contributed by atoms with Gasteiger partial charge in [-0.2, -0.15) is 4.98 Å². The lowest BCUT2D eigenvalue weighted by Gasteiger charge is -2.18. The largest absolute Gasteiger partial charge is 0.392 e. The van der Waals surface area contributed by atoms with Crippen molar-refractivity contribution in [1.29, 1.82) is 0 Å². The minimum Gasteiger partial charge on any atom is -0.392 e. The molecule has 24 heavy (non-hydrogen) atoms. The highest BCUT2D eigenvalue weighted by Crippen LogP contribution is 2.22. The molecule has 0 amide bonds. The molecule has 0 spiro atoms. The second-order valence-electron chi connectivity index (χ2n) is 5.84. The Morgan fingerprint density at radius 2 is 1.83 bits per heavy atom. The van der Waals surface area contributed by atoms with Gasteiger partial charge in [0.1, 0.15) is 0 Å². The van der Waals surface area contributed by atoms with Gasteiger partial charge in [-0.15, -0.1) is 0 Å². The Labute approximate surface area is 141 Å². The Morgan fingerprint density at radius 3 is 2.58 bits per heavy atom. The molecule has 0 radical (unpaired) electrons. The van der Waals surface area contributed by atoms with Crippen LogP contribution in [0.1, 0.15) is 42.9 Å². The van der Waals surface area contributed by atoms with E-state index < -0.39 is 0 Å². The van der Waals surface area contributed by atoms with Gasteiger partial charge in [-0.1, -0.05) is 47.6 Å². The van der Waals surface area contributed by atoms with Crippen molar-refractivity contribution in [3.8, 4) is 11.5 Å². The number of aromatic nitrogens is 2. The molecule has 2 N–H and O–H groups in total. The Bertz CT molecular complexity index is 786. The van der Waals surface area contributed by atoms with Gasteiger partial charge in [0.15, 0.2) is 5.82 Å². The van der Waals surface area contributed by atoms with Crippen LogP contribution in [0.15, 0.2) is 59.1 Å². The SMILES string of the molecule is CC(NC(C)c1noc(-c2ccccc2)n1)c1cccc(CO)c1. The summed E-state index contributed by atoms with van der Waals surface area (Å²) in [4.78, 5) is 4.48. The molecule has 2 atom stereocenters. The van der Waals surface area contributed by atoms with Gasteiger partial charge in [-0.05, 0) is 37.1 Å². The molecule has 0 aliphatic heterocycles. The second-order valence-corrected chi connectivity index (χ2v) is 5.84. The number of hydrogen-bond donors (Lipinski definition) is 2. The molecule has 3 aromatic rings. The number of rotatable bonds is 6. The molecule has 1 heterocycles. The summed E-state index contributed by atoms with van der Waals surface area (Å²) >= 11 is 0. The molecule has 5 heteroatoms. The van der Waals surface area contributed by atoms with E-state index in [1.807, 2.05) is 61.5 Å². The Hall–Kier alpha value is -2.50. The van der Waals surface area contributed by atoms with E-state index in [0.717, 1.165) is 16.7 Å². The predicted octanol–water partition coefficient (Wildman–Crippen LogP) is 3.64. The summed E-state index contributed by atoms with van der Waals surface area (Å²) in [6, 6.07) is 17.7. The van der Waals surface area contributed by atoms with Crippen molar-refractivity contribution >= 4 is 0 Å². The maximum absolute atomic E-state index is 9.26. The first kappa shape index (κ1) is 16.4. The van der Waals surface area contributed by atoms with Crippen LogP contribution in [0.4, 0.5) is 0 Å². The molecule has 0 aliphatic carbocycles. The molecule has 2 unspecified atom stereocenters. The van der Waals surface area contributed by atoms with E-state index >= 15 is 0 Å². The molecule has 0 fully saturated rings. The summed E-state index contributed by atoms with van der Waals surface area (Å²) < 4.78 is 5.36. The lowest BCUT2D eigenvalue weighted by molar-refractivity contribution is 0.281. The third-order valence-corrected chi connectivity index (χ3v) is 3.98. The Balaban J connectivity index is 1.70. The topological polar surface area (TPSA) is 71.2 Å². The van der Waals surface area contributed by atoms with Gasteiger partial charge in [0.25, 0.3) is 5.89 Å². The average Bonchev–Trinajstić information content (AvgIpc) is 3.13. The number of benzene rings is 2. The van der Waals surface area contributed by atoms with Crippen LogP contribution in [0.5, 0.6) is 0 Å². The summed E-state index contributed by atoms with van der Waals surface area (Å²) in [5.41, 5.74) is 2.92. The average molecular weight is 323 g/mol. The quantitative estimate of drug-likeness (QED) is 0.724. The van der Waals surface area contributed by atoms with Crippen LogP contribution in [0, 0.1) is 0 Å². The molecule has 0 bridgehead atoms. The summed E-state index contributed by atoms with van der Waals surface area (Å²) in [7, 11) is 0. The van der Waals surface area contributed by atoms with E-state index in [1.54, 1.807) is 0 Å². The van der Waals surface area contributed by atoms with Gasteiger partial charge in [0.2, 0.25) is 0 Å². The number of aliphatic hydroxyl groups is 1. The predicted molar refractivity (Wildman–Crippen MR) is 92.1 cm³/mol. The van der Waals surface area contributed by atoms with Gasteiger partial charge in [-0.3, -0.25) is 0 Å². The van der Waals surface area contributed by atoms with Crippen LogP contribution in [0.25, 0.3) is 11.5 Å². The monoisotopic (exact) mass is 323 g/mol. The second kappa shape index (κ2) is 7.38. The van der Waals surface area contributed by atoms with Crippen molar-refractivity contribution < 1.29 is 9.63 Å². The van der Waals surface area contributed by atoms with Crippen LogP contribution in [-0.4, -0.2) is 15.2 Å². The zero-order chi connectivity index (χ0) is 16.9. The third-order valence-electron chi connectivity index (χ3n) is 3.98. The summed E-state index contributed by atoms with van der Waals surface area (Å²) in [6.45, 7) is 4.12. The molecule has 3 rings (SSSR count). The van der Waals surface area contributed by atoms with Gasteiger partial charge < -0.3 is 14.9 Å². The van der Waals surface area contributed by atoms with Crippen LogP contribution in [0.3, 0.4) is 0 Å². The highest BCUT2D eigenvalue weighted by molar-refractivity contribution is 5.52. The molecule has 0 saturated carbocycles. The van der Waals surface area contributed by atoms with E-state index in [1.165, 1.54) is 0 Å². The molecular weight excluding hydrogens is 302 g/mol. The van der Waals surface area contributed by atoms with Crippen molar-refractivity contribution in [2.45, 2.75) is 32.5 Å². The van der Waals surface area contributed by atoms with Crippen molar-refractivity contribution in [3.05, 3.63) is 71.5 Å². The van der Waals surface area contributed by atoms with E-state index in [9.17, 15) is 5.11 Å². The fourth-order valence-corrected chi connectivity index (χ4v) is 2.62. The van der Waals surface area contributed by atoms with Crippen LogP contribution in [0.2, 0.25) is 0 Å². The van der Waals surface area contributed by atoms with Crippen molar-refractivity contribution in [2.24, 2.45) is 0 Å². The first-order valence-corrected chi connectivity index (χ1v) is 8.02. The van der Waals surface area contributed by atoms with E-state index in [-0.39, 0.29) is 18.7 Å². The minimum atomic E-state index is -0.0565. The molecule has 0 saturated heterocycles. The Kier molecular flexibility index (Phi) is 5.03. The zero-order valence-corrected chi connectivity index (χ0v) is 13.8. The fourth-order valence-electron chi connectivity index (χ4n) is 2.62. The van der Waals surface area contributed by atoms with Crippen LogP contribution in [-0.2, 0) is 6.61 Å². The van der Waals surface area contributed by atoms with Crippen LogP contribution >= 0.6 is 0 Å². The summed E-state index contributed by atoms with van der Waals surface area (Å²) in [5, 5.41) is 16.8. The molecule has 2 aromatic carbocycles. The van der Waals surface area contributed by atoms with Gasteiger partial charge in [0.05, 0.1) is 12.6 Å².